The number of aromatic nitrogens is 4. The fraction of sp³-hybridized carbons (Fsp3) is 0.640. The fourth-order valence-corrected chi connectivity index (χ4v) is 4.71. The SMILES string of the molecule is COC[C@H](C)NC1CCC(Nc2cc(-c3cc(OCC4(C#N)CCOCC4)ncn3)ncn2)CC1. The van der Waals surface area contributed by atoms with E-state index in [0.717, 1.165) is 38.1 Å². The lowest BCUT2D eigenvalue weighted by Crippen LogP contribution is -2.42. The maximum Gasteiger partial charge on any atom is 0.217 e. The monoisotopic (exact) mass is 481 g/mol. The van der Waals surface area contributed by atoms with Crippen LogP contribution >= 0.6 is 0 Å². The van der Waals surface area contributed by atoms with Crippen LogP contribution in [0.4, 0.5) is 5.82 Å². The molecular weight excluding hydrogens is 446 g/mol. The number of ether oxygens (including phenoxy) is 3. The maximum absolute atomic E-state index is 9.64. The molecule has 0 amide bonds. The van der Waals surface area contributed by atoms with E-state index in [2.05, 4.69) is 43.6 Å². The van der Waals surface area contributed by atoms with Crippen molar-refractivity contribution in [2.75, 3.05) is 38.9 Å². The first kappa shape index (κ1) is 25.2. The Morgan fingerprint density at radius 1 is 1.06 bits per heavy atom. The Balaban J connectivity index is 1.33. The van der Waals surface area contributed by atoms with E-state index in [9.17, 15) is 5.26 Å². The number of methoxy groups -OCH3 is 1. The molecule has 2 N–H and O–H groups in total. The summed E-state index contributed by atoms with van der Waals surface area (Å²) in [5.74, 6) is 1.21. The van der Waals surface area contributed by atoms with Crippen LogP contribution < -0.4 is 15.4 Å². The third-order valence-electron chi connectivity index (χ3n) is 6.77. The Kier molecular flexibility index (Phi) is 8.79. The Bertz CT molecular complexity index is 985. The topological polar surface area (TPSA) is 127 Å². The number of hydrogen-bond acceptors (Lipinski definition) is 10. The quantitative estimate of drug-likeness (QED) is 0.523. The van der Waals surface area contributed by atoms with Gasteiger partial charge in [0.05, 0.1) is 29.5 Å². The molecule has 10 nitrogen and oxygen atoms in total. The summed E-state index contributed by atoms with van der Waals surface area (Å²) in [4.78, 5) is 17.4. The van der Waals surface area contributed by atoms with Gasteiger partial charge in [-0.2, -0.15) is 5.26 Å². The molecule has 10 heteroatoms. The van der Waals surface area contributed by atoms with Crippen LogP contribution in [0.5, 0.6) is 5.88 Å². The van der Waals surface area contributed by atoms with Gasteiger partial charge < -0.3 is 24.8 Å². The molecule has 1 saturated heterocycles. The van der Waals surface area contributed by atoms with Crippen molar-refractivity contribution >= 4 is 5.82 Å². The third kappa shape index (κ3) is 7.07. The molecule has 0 bridgehead atoms. The Labute approximate surface area is 206 Å². The summed E-state index contributed by atoms with van der Waals surface area (Å²) in [6, 6.07) is 7.34. The van der Waals surface area contributed by atoms with Gasteiger partial charge in [0.25, 0.3) is 0 Å². The van der Waals surface area contributed by atoms with E-state index >= 15 is 0 Å². The lowest BCUT2D eigenvalue weighted by atomic mass is 9.83. The van der Waals surface area contributed by atoms with E-state index in [1.165, 1.54) is 6.33 Å². The second kappa shape index (κ2) is 12.2. The van der Waals surface area contributed by atoms with Crippen LogP contribution in [-0.2, 0) is 9.47 Å². The zero-order chi connectivity index (χ0) is 24.5. The van der Waals surface area contributed by atoms with E-state index in [1.807, 2.05) is 6.07 Å². The maximum atomic E-state index is 9.64. The minimum absolute atomic E-state index is 0.279. The second-order valence-corrected chi connectivity index (χ2v) is 9.54. The van der Waals surface area contributed by atoms with Gasteiger partial charge in [0.2, 0.25) is 5.88 Å². The number of nitrogens with one attached hydrogen (secondary N) is 2. The highest BCUT2D eigenvalue weighted by Crippen LogP contribution is 2.31. The number of rotatable bonds is 10. The number of nitrogens with zero attached hydrogens (tertiary/aromatic N) is 5. The number of hydrogen-bond donors (Lipinski definition) is 2. The highest BCUT2D eigenvalue weighted by Gasteiger charge is 2.34. The average Bonchev–Trinajstić information content (AvgIpc) is 2.90. The van der Waals surface area contributed by atoms with Gasteiger partial charge in [0, 0.05) is 50.6 Å². The molecule has 1 aliphatic heterocycles. The van der Waals surface area contributed by atoms with E-state index in [-0.39, 0.29) is 6.61 Å². The van der Waals surface area contributed by atoms with E-state index in [1.54, 1.807) is 19.5 Å². The predicted octanol–water partition coefficient (Wildman–Crippen LogP) is 2.98. The van der Waals surface area contributed by atoms with Crippen LogP contribution in [-0.4, -0.2) is 71.6 Å². The number of anilines is 1. The van der Waals surface area contributed by atoms with Crippen molar-refractivity contribution in [2.24, 2.45) is 5.41 Å². The minimum atomic E-state index is -0.536. The molecule has 2 fully saturated rings. The van der Waals surface area contributed by atoms with Gasteiger partial charge in [0.15, 0.2) is 0 Å². The predicted molar refractivity (Wildman–Crippen MR) is 131 cm³/mol. The van der Waals surface area contributed by atoms with E-state index < -0.39 is 5.41 Å². The smallest absolute Gasteiger partial charge is 0.217 e. The number of nitriles is 1. The zero-order valence-electron chi connectivity index (χ0n) is 20.6. The Hall–Kier alpha value is -2.87. The highest BCUT2D eigenvalue weighted by molar-refractivity contribution is 5.58. The van der Waals surface area contributed by atoms with Crippen molar-refractivity contribution in [3.05, 3.63) is 24.8 Å². The fourth-order valence-electron chi connectivity index (χ4n) is 4.71. The first-order chi connectivity index (χ1) is 17.1. The van der Waals surface area contributed by atoms with Gasteiger partial charge in [-0.15, -0.1) is 0 Å². The van der Waals surface area contributed by atoms with Gasteiger partial charge in [0.1, 0.15) is 25.1 Å². The molecule has 2 aromatic heterocycles. The molecule has 1 atom stereocenters. The zero-order valence-corrected chi connectivity index (χ0v) is 20.6. The molecule has 0 radical (unpaired) electrons. The van der Waals surface area contributed by atoms with Crippen molar-refractivity contribution in [1.82, 2.24) is 25.3 Å². The Morgan fingerprint density at radius 3 is 2.46 bits per heavy atom. The van der Waals surface area contributed by atoms with Crippen LogP contribution in [0.1, 0.15) is 45.4 Å². The lowest BCUT2D eigenvalue weighted by molar-refractivity contribution is 0.0183. The molecule has 188 valence electrons. The van der Waals surface area contributed by atoms with Crippen molar-refractivity contribution in [1.29, 1.82) is 5.26 Å². The summed E-state index contributed by atoms with van der Waals surface area (Å²) in [5, 5.41) is 16.8. The molecule has 2 aliphatic rings. The molecule has 1 aliphatic carbocycles. The molecule has 4 rings (SSSR count). The van der Waals surface area contributed by atoms with E-state index in [0.29, 0.717) is 61.4 Å². The van der Waals surface area contributed by atoms with Gasteiger partial charge >= 0.3 is 0 Å². The molecule has 0 spiro atoms. The molecule has 1 saturated carbocycles. The molecule has 35 heavy (non-hydrogen) atoms. The lowest BCUT2D eigenvalue weighted by Gasteiger charge is -2.31. The van der Waals surface area contributed by atoms with Crippen molar-refractivity contribution < 1.29 is 14.2 Å². The van der Waals surface area contributed by atoms with Crippen LogP contribution in [0.2, 0.25) is 0 Å². The average molecular weight is 482 g/mol. The largest absolute Gasteiger partial charge is 0.476 e. The van der Waals surface area contributed by atoms with Crippen LogP contribution in [0.25, 0.3) is 11.4 Å². The summed E-state index contributed by atoms with van der Waals surface area (Å²) in [7, 11) is 1.74. The molecule has 3 heterocycles. The summed E-state index contributed by atoms with van der Waals surface area (Å²) >= 11 is 0. The first-order valence-electron chi connectivity index (χ1n) is 12.4. The van der Waals surface area contributed by atoms with Gasteiger partial charge in [-0.1, -0.05) is 0 Å². The van der Waals surface area contributed by atoms with Crippen molar-refractivity contribution in [2.45, 2.75) is 63.6 Å². The summed E-state index contributed by atoms with van der Waals surface area (Å²) in [6.45, 7) is 4.32. The van der Waals surface area contributed by atoms with Gasteiger partial charge in [-0.25, -0.2) is 19.9 Å². The highest BCUT2D eigenvalue weighted by atomic mass is 16.5. The summed E-state index contributed by atoms with van der Waals surface area (Å²) < 4.78 is 16.5. The molecule has 0 aromatic carbocycles. The third-order valence-corrected chi connectivity index (χ3v) is 6.77. The van der Waals surface area contributed by atoms with Gasteiger partial charge in [-0.3, -0.25) is 0 Å². The van der Waals surface area contributed by atoms with Gasteiger partial charge in [-0.05, 0) is 45.4 Å². The van der Waals surface area contributed by atoms with Crippen LogP contribution in [0.3, 0.4) is 0 Å². The molecular formula is C25H35N7O3. The van der Waals surface area contributed by atoms with Crippen LogP contribution in [0.15, 0.2) is 24.8 Å². The molecule has 2 aromatic rings. The van der Waals surface area contributed by atoms with Crippen LogP contribution in [0, 0.1) is 16.7 Å². The summed E-state index contributed by atoms with van der Waals surface area (Å²) in [6.07, 6.45) is 8.72. The minimum Gasteiger partial charge on any atom is -0.476 e. The van der Waals surface area contributed by atoms with E-state index in [4.69, 9.17) is 14.2 Å². The van der Waals surface area contributed by atoms with Crippen molar-refractivity contribution in [3.8, 4) is 23.3 Å². The normalized spacial score (nSPS) is 22.7. The van der Waals surface area contributed by atoms with Crippen molar-refractivity contribution in [3.63, 3.8) is 0 Å². The first-order valence-corrected chi connectivity index (χ1v) is 12.4. The second-order valence-electron chi connectivity index (χ2n) is 9.54. The molecule has 0 unspecified atom stereocenters. The standard InChI is InChI=1S/C25H35N7O3/c1-18(13-33-2)31-19-3-5-20(6-4-19)32-23-11-21(27-16-29-23)22-12-24(30-17-28-22)35-15-25(14-26)7-9-34-10-8-25/h11-12,16-20,31H,3-10,13,15H2,1-2H3,(H,27,29,32)/t18-,19?,20?/m0/s1. The summed E-state index contributed by atoms with van der Waals surface area (Å²) in [5.41, 5.74) is 0.809. The Morgan fingerprint density at radius 2 is 1.74 bits per heavy atom.